The Bertz CT molecular complexity index is 771. The zero-order valence-corrected chi connectivity index (χ0v) is 15.3. The van der Waals surface area contributed by atoms with Gasteiger partial charge in [0.1, 0.15) is 5.82 Å². The summed E-state index contributed by atoms with van der Waals surface area (Å²) in [4.78, 5) is 22.9. The van der Waals surface area contributed by atoms with Crippen LogP contribution in [-0.4, -0.2) is 46.7 Å². The number of aliphatic carboxylic acids is 1. The lowest BCUT2D eigenvalue weighted by Crippen LogP contribution is -2.47. The molecular weight excluding hydrogens is 361 g/mol. The summed E-state index contributed by atoms with van der Waals surface area (Å²) in [7, 11) is 0. The SMILES string of the molecule is CCC12CN(c3cc(C(F)(F)F)nc(N4CC[C@@H]4C)n3)CC1C2CC(=O)O. The van der Waals surface area contributed by atoms with Gasteiger partial charge >= 0.3 is 12.1 Å². The lowest BCUT2D eigenvalue weighted by molar-refractivity contribution is -0.141. The van der Waals surface area contributed by atoms with E-state index in [9.17, 15) is 18.0 Å². The minimum atomic E-state index is -4.53. The van der Waals surface area contributed by atoms with Crippen LogP contribution in [0.1, 0.15) is 38.8 Å². The Kier molecular flexibility index (Phi) is 4.05. The van der Waals surface area contributed by atoms with Crippen molar-refractivity contribution in [2.45, 2.75) is 45.3 Å². The molecule has 1 aliphatic carbocycles. The van der Waals surface area contributed by atoms with Crippen molar-refractivity contribution in [3.8, 4) is 0 Å². The van der Waals surface area contributed by atoms with Gasteiger partial charge in [0.2, 0.25) is 5.95 Å². The molecule has 4 rings (SSSR count). The van der Waals surface area contributed by atoms with Crippen molar-refractivity contribution in [3.05, 3.63) is 11.8 Å². The van der Waals surface area contributed by atoms with Gasteiger partial charge in [-0.15, -0.1) is 0 Å². The van der Waals surface area contributed by atoms with Crippen LogP contribution < -0.4 is 9.80 Å². The smallest absolute Gasteiger partial charge is 0.433 e. The number of alkyl halides is 3. The number of piperidine rings is 1. The average Bonchev–Trinajstić information content (AvgIpc) is 2.98. The maximum Gasteiger partial charge on any atom is 0.433 e. The summed E-state index contributed by atoms with van der Waals surface area (Å²) >= 11 is 0. The predicted octanol–water partition coefficient (Wildman–Crippen LogP) is 3.03. The Labute approximate surface area is 155 Å². The van der Waals surface area contributed by atoms with Gasteiger partial charge < -0.3 is 14.9 Å². The van der Waals surface area contributed by atoms with Crippen LogP contribution in [0.25, 0.3) is 0 Å². The monoisotopic (exact) mass is 384 g/mol. The lowest BCUT2D eigenvalue weighted by atomic mass is 9.98. The maximum atomic E-state index is 13.4. The van der Waals surface area contributed by atoms with E-state index < -0.39 is 17.8 Å². The summed E-state index contributed by atoms with van der Waals surface area (Å²) in [5, 5.41) is 9.09. The maximum absolute atomic E-state index is 13.4. The van der Waals surface area contributed by atoms with E-state index in [1.165, 1.54) is 0 Å². The van der Waals surface area contributed by atoms with Crippen LogP contribution in [0.2, 0.25) is 0 Å². The molecule has 2 saturated heterocycles. The number of halogens is 3. The molecule has 0 bridgehead atoms. The Morgan fingerprint density at radius 3 is 2.63 bits per heavy atom. The number of fused-ring (bicyclic) bond motifs is 1. The summed E-state index contributed by atoms with van der Waals surface area (Å²) in [6.45, 7) is 5.72. The molecule has 148 valence electrons. The fourth-order valence-electron chi connectivity index (χ4n) is 4.89. The number of carbonyl (C=O) groups is 1. The lowest BCUT2D eigenvalue weighted by Gasteiger charge is -2.39. The van der Waals surface area contributed by atoms with E-state index in [2.05, 4.69) is 9.97 Å². The number of rotatable bonds is 5. The number of carboxylic acid groups (broad SMARTS) is 1. The van der Waals surface area contributed by atoms with Crippen LogP contribution in [0.3, 0.4) is 0 Å². The van der Waals surface area contributed by atoms with E-state index in [0.717, 1.165) is 18.9 Å². The van der Waals surface area contributed by atoms with Crippen molar-refractivity contribution >= 4 is 17.7 Å². The first kappa shape index (κ1) is 18.3. The molecule has 9 heteroatoms. The summed E-state index contributed by atoms with van der Waals surface area (Å²) < 4.78 is 40.1. The van der Waals surface area contributed by atoms with Crippen molar-refractivity contribution in [1.29, 1.82) is 0 Å². The van der Waals surface area contributed by atoms with Crippen molar-refractivity contribution < 1.29 is 23.1 Å². The summed E-state index contributed by atoms with van der Waals surface area (Å²) in [5.74, 6) is -0.0825. The molecule has 1 aromatic heterocycles. The number of carboxylic acids is 1. The highest BCUT2D eigenvalue weighted by molar-refractivity contribution is 5.68. The molecule has 1 N–H and O–H groups in total. The van der Waals surface area contributed by atoms with Gasteiger partial charge in [0.15, 0.2) is 5.69 Å². The van der Waals surface area contributed by atoms with Crippen LogP contribution in [0, 0.1) is 17.3 Å². The molecule has 0 radical (unpaired) electrons. The summed E-state index contributed by atoms with van der Waals surface area (Å²) in [5.41, 5.74) is -1.04. The number of hydrogen-bond acceptors (Lipinski definition) is 5. The minimum absolute atomic E-state index is 0.107. The number of aromatic nitrogens is 2. The zero-order chi connectivity index (χ0) is 19.6. The minimum Gasteiger partial charge on any atom is -0.481 e. The molecule has 4 atom stereocenters. The Balaban J connectivity index is 1.61. The van der Waals surface area contributed by atoms with Crippen molar-refractivity contribution in [2.75, 3.05) is 29.4 Å². The van der Waals surface area contributed by atoms with Gasteiger partial charge in [-0.05, 0) is 37.0 Å². The molecule has 1 aromatic rings. The van der Waals surface area contributed by atoms with Crippen LogP contribution in [0.5, 0.6) is 0 Å². The second-order valence-corrected chi connectivity index (χ2v) is 8.02. The van der Waals surface area contributed by atoms with Gasteiger partial charge in [-0.2, -0.15) is 18.2 Å². The number of hydrogen-bond donors (Lipinski definition) is 1. The highest BCUT2D eigenvalue weighted by Gasteiger charge is 2.67. The van der Waals surface area contributed by atoms with Gasteiger partial charge in [-0.25, -0.2) is 4.98 Å². The molecule has 1 saturated carbocycles. The average molecular weight is 384 g/mol. The molecule has 0 spiro atoms. The Morgan fingerprint density at radius 2 is 2.15 bits per heavy atom. The third kappa shape index (κ3) is 2.91. The summed E-state index contributed by atoms with van der Waals surface area (Å²) in [6.07, 6.45) is -2.67. The molecule has 0 amide bonds. The van der Waals surface area contributed by atoms with Gasteiger partial charge in [-0.1, -0.05) is 6.92 Å². The Morgan fingerprint density at radius 1 is 1.41 bits per heavy atom. The predicted molar refractivity (Wildman–Crippen MR) is 92.6 cm³/mol. The first-order valence-electron chi connectivity index (χ1n) is 9.35. The van der Waals surface area contributed by atoms with Crippen LogP contribution in [0.15, 0.2) is 6.07 Å². The topological polar surface area (TPSA) is 69.6 Å². The quantitative estimate of drug-likeness (QED) is 0.842. The van der Waals surface area contributed by atoms with E-state index in [4.69, 9.17) is 5.11 Å². The van der Waals surface area contributed by atoms with Crippen LogP contribution in [0.4, 0.5) is 24.9 Å². The van der Waals surface area contributed by atoms with Crippen LogP contribution >= 0.6 is 0 Å². The molecule has 3 unspecified atom stereocenters. The fraction of sp³-hybridized carbons (Fsp3) is 0.722. The Hall–Kier alpha value is -2.06. The van der Waals surface area contributed by atoms with E-state index in [1.807, 2.05) is 18.7 Å². The van der Waals surface area contributed by atoms with Gasteiger partial charge in [0, 0.05) is 38.2 Å². The van der Waals surface area contributed by atoms with E-state index in [1.54, 1.807) is 4.90 Å². The van der Waals surface area contributed by atoms with Crippen molar-refractivity contribution in [3.63, 3.8) is 0 Å². The third-order valence-corrected chi connectivity index (χ3v) is 6.70. The number of nitrogens with zero attached hydrogens (tertiary/aromatic N) is 4. The number of anilines is 2. The first-order chi connectivity index (χ1) is 12.7. The standard InChI is InChI=1S/C18H23F3N4O2/c1-3-17-9-24(8-12(17)11(17)6-15(26)27)14-7-13(18(19,20)21)22-16(23-14)25-5-4-10(25)2/h7,10-12H,3-6,8-9H2,1-2H3,(H,26,27)/t10-,11?,12?,17?/m0/s1. The normalized spacial score (nSPS) is 32.3. The van der Waals surface area contributed by atoms with E-state index in [-0.39, 0.29) is 35.7 Å². The molecule has 3 fully saturated rings. The highest BCUT2D eigenvalue weighted by Crippen LogP contribution is 2.66. The van der Waals surface area contributed by atoms with Gasteiger partial charge in [-0.3, -0.25) is 4.79 Å². The van der Waals surface area contributed by atoms with Gasteiger partial charge in [0.05, 0.1) is 0 Å². The molecule has 0 aromatic carbocycles. The highest BCUT2D eigenvalue weighted by atomic mass is 19.4. The first-order valence-corrected chi connectivity index (χ1v) is 9.35. The second kappa shape index (κ2) is 5.97. The van der Waals surface area contributed by atoms with E-state index in [0.29, 0.717) is 25.5 Å². The molecular formula is C18H23F3N4O2. The van der Waals surface area contributed by atoms with E-state index >= 15 is 0 Å². The molecule has 3 heterocycles. The summed E-state index contributed by atoms with van der Waals surface area (Å²) in [6, 6.07) is 1.16. The van der Waals surface area contributed by atoms with Gasteiger partial charge in [0.25, 0.3) is 0 Å². The van der Waals surface area contributed by atoms with Crippen molar-refractivity contribution in [2.24, 2.45) is 17.3 Å². The molecule has 6 nitrogen and oxygen atoms in total. The third-order valence-electron chi connectivity index (χ3n) is 6.70. The van der Waals surface area contributed by atoms with Crippen molar-refractivity contribution in [1.82, 2.24) is 9.97 Å². The fourth-order valence-corrected chi connectivity index (χ4v) is 4.89. The second-order valence-electron chi connectivity index (χ2n) is 8.02. The zero-order valence-electron chi connectivity index (χ0n) is 15.3. The molecule has 27 heavy (non-hydrogen) atoms. The largest absolute Gasteiger partial charge is 0.481 e. The molecule has 3 aliphatic rings. The van der Waals surface area contributed by atoms with Crippen LogP contribution in [-0.2, 0) is 11.0 Å². The molecule has 2 aliphatic heterocycles.